The summed E-state index contributed by atoms with van der Waals surface area (Å²) in [6.07, 6.45) is 0. The molecule has 1 atom stereocenters. The lowest BCUT2D eigenvalue weighted by Crippen LogP contribution is -2.53. The molecule has 0 aliphatic carbocycles. The van der Waals surface area contributed by atoms with Gasteiger partial charge in [-0.15, -0.1) is 0 Å². The van der Waals surface area contributed by atoms with E-state index >= 15 is 0 Å². The number of anilines is 1. The molecule has 1 amide bonds. The zero-order valence-electron chi connectivity index (χ0n) is 18.7. The van der Waals surface area contributed by atoms with E-state index in [0.717, 1.165) is 12.2 Å². The summed E-state index contributed by atoms with van der Waals surface area (Å²) in [6, 6.07) is 18.4. The van der Waals surface area contributed by atoms with Crippen LogP contribution in [-0.2, 0) is 21.3 Å². The molecule has 8 heteroatoms. The molecule has 1 aliphatic heterocycles. The Morgan fingerprint density at radius 2 is 1.85 bits per heavy atom. The molecular formula is C25H27ClN2O4S. The third-order valence-electron chi connectivity index (χ3n) is 5.76. The van der Waals surface area contributed by atoms with Crippen LogP contribution < -0.4 is 4.90 Å². The smallest absolute Gasteiger partial charge is 0.289 e. The van der Waals surface area contributed by atoms with Gasteiger partial charge in [0.25, 0.3) is 5.91 Å². The summed E-state index contributed by atoms with van der Waals surface area (Å²) >= 11 is 5.95. The van der Waals surface area contributed by atoms with Crippen molar-refractivity contribution in [2.75, 3.05) is 24.5 Å². The molecule has 1 fully saturated rings. The van der Waals surface area contributed by atoms with Crippen molar-refractivity contribution in [3.8, 4) is 0 Å². The first-order chi connectivity index (χ1) is 15.7. The number of rotatable bonds is 6. The van der Waals surface area contributed by atoms with Crippen LogP contribution in [0.25, 0.3) is 0 Å². The summed E-state index contributed by atoms with van der Waals surface area (Å²) in [5, 5.41) is 0.491. The molecule has 2 aromatic carbocycles. The minimum atomic E-state index is -3.48. The maximum absolute atomic E-state index is 13.0. The van der Waals surface area contributed by atoms with E-state index in [-0.39, 0.29) is 35.0 Å². The SMILES string of the molecule is Cc1cccc(N2CCN(C(=O)c3ccc(CS(=O)(=O)Cc4cccc(Cl)c4)o3)C[C@@H]2C)c1. The van der Waals surface area contributed by atoms with Crippen molar-refractivity contribution >= 4 is 33.0 Å². The van der Waals surface area contributed by atoms with E-state index in [1.807, 2.05) is 6.07 Å². The van der Waals surface area contributed by atoms with Gasteiger partial charge >= 0.3 is 0 Å². The average molecular weight is 487 g/mol. The number of halogens is 1. The van der Waals surface area contributed by atoms with E-state index in [0.29, 0.717) is 23.7 Å². The normalized spacial score (nSPS) is 16.8. The number of benzene rings is 2. The van der Waals surface area contributed by atoms with E-state index in [9.17, 15) is 13.2 Å². The second-order valence-electron chi connectivity index (χ2n) is 8.56. The second kappa shape index (κ2) is 9.61. The Morgan fingerprint density at radius 1 is 1.06 bits per heavy atom. The summed E-state index contributed by atoms with van der Waals surface area (Å²) in [6.45, 7) is 6.02. The van der Waals surface area contributed by atoms with Crippen LogP contribution in [0, 0.1) is 6.92 Å². The molecular weight excluding hydrogens is 460 g/mol. The Labute approximate surface area is 199 Å². The predicted molar refractivity (Wildman–Crippen MR) is 130 cm³/mol. The zero-order valence-corrected chi connectivity index (χ0v) is 20.3. The van der Waals surface area contributed by atoms with Crippen LogP contribution in [0.5, 0.6) is 0 Å². The number of carbonyl (C=O) groups is 1. The number of amides is 1. The minimum Gasteiger partial charge on any atom is -0.455 e. The number of carbonyl (C=O) groups excluding carboxylic acids is 1. The molecule has 0 saturated carbocycles. The maximum atomic E-state index is 13.0. The number of sulfone groups is 1. The summed E-state index contributed by atoms with van der Waals surface area (Å²) in [7, 11) is -3.48. The lowest BCUT2D eigenvalue weighted by atomic mass is 10.1. The molecule has 1 aliphatic rings. The van der Waals surface area contributed by atoms with Gasteiger partial charge in [-0.05, 0) is 61.4 Å². The number of aryl methyl sites for hydroxylation is 1. The first-order valence-corrected chi connectivity index (χ1v) is 13.1. The van der Waals surface area contributed by atoms with Gasteiger partial charge in [-0.3, -0.25) is 4.79 Å². The Hall–Kier alpha value is -2.77. The second-order valence-corrected chi connectivity index (χ2v) is 11.1. The van der Waals surface area contributed by atoms with E-state index < -0.39 is 9.84 Å². The van der Waals surface area contributed by atoms with Gasteiger partial charge in [0.05, 0.1) is 5.75 Å². The molecule has 0 spiro atoms. The topological polar surface area (TPSA) is 70.8 Å². The molecule has 4 rings (SSSR count). The van der Waals surface area contributed by atoms with Crippen molar-refractivity contribution in [2.45, 2.75) is 31.4 Å². The van der Waals surface area contributed by atoms with E-state index in [4.69, 9.17) is 16.0 Å². The van der Waals surface area contributed by atoms with Gasteiger partial charge in [0.15, 0.2) is 15.6 Å². The molecule has 0 radical (unpaired) electrons. The molecule has 3 aromatic rings. The van der Waals surface area contributed by atoms with Gasteiger partial charge in [0, 0.05) is 36.4 Å². The zero-order chi connectivity index (χ0) is 23.6. The quantitative estimate of drug-likeness (QED) is 0.504. The fourth-order valence-electron chi connectivity index (χ4n) is 4.21. The van der Waals surface area contributed by atoms with Gasteiger partial charge < -0.3 is 14.2 Å². The highest BCUT2D eigenvalue weighted by Gasteiger charge is 2.29. The molecule has 2 heterocycles. The van der Waals surface area contributed by atoms with Gasteiger partial charge in [-0.1, -0.05) is 35.9 Å². The number of piperazine rings is 1. The minimum absolute atomic E-state index is 0.143. The Bertz CT molecular complexity index is 1250. The lowest BCUT2D eigenvalue weighted by Gasteiger charge is -2.41. The Morgan fingerprint density at radius 3 is 2.58 bits per heavy atom. The highest BCUT2D eigenvalue weighted by Crippen LogP contribution is 2.23. The summed E-state index contributed by atoms with van der Waals surface area (Å²) < 4.78 is 30.8. The first kappa shape index (κ1) is 23.4. The summed E-state index contributed by atoms with van der Waals surface area (Å²) in [4.78, 5) is 17.1. The van der Waals surface area contributed by atoms with Crippen molar-refractivity contribution in [2.24, 2.45) is 0 Å². The van der Waals surface area contributed by atoms with Crippen LogP contribution in [0.4, 0.5) is 5.69 Å². The Balaban J connectivity index is 1.39. The first-order valence-electron chi connectivity index (χ1n) is 10.9. The number of furan rings is 1. The van der Waals surface area contributed by atoms with Gasteiger partial charge in [0.1, 0.15) is 11.5 Å². The van der Waals surface area contributed by atoms with Crippen molar-refractivity contribution < 1.29 is 17.6 Å². The number of nitrogens with zero attached hydrogens (tertiary/aromatic N) is 2. The monoisotopic (exact) mass is 486 g/mol. The van der Waals surface area contributed by atoms with Gasteiger partial charge in [-0.25, -0.2) is 8.42 Å². The molecule has 0 N–H and O–H groups in total. The molecule has 1 aromatic heterocycles. The third kappa shape index (κ3) is 5.78. The van der Waals surface area contributed by atoms with Crippen LogP contribution in [0.1, 0.15) is 34.4 Å². The van der Waals surface area contributed by atoms with Gasteiger partial charge in [-0.2, -0.15) is 0 Å². The molecule has 33 heavy (non-hydrogen) atoms. The van der Waals surface area contributed by atoms with Crippen molar-refractivity contribution in [3.05, 3.63) is 88.3 Å². The molecule has 174 valence electrons. The van der Waals surface area contributed by atoms with E-state index in [1.165, 1.54) is 5.56 Å². The highest BCUT2D eigenvalue weighted by molar-refractivity contribution is 7.89. The van der Waals surface area contributed by atoms with Crippen molar-refractivity contribution in [1.82, 2.24) is 4.90 Å². The number of hydrogen-bond acceptors (Lipinski definition) is 5. The van der Waals surface area contributed by atoms with Crippen LogP contribution in [0.2, 0.25) is 5.02 Å². The highest BCUT2D eigenvalue weighted by atomic mass is 35.5. The standard InChI is InChI=1S/C25H27ClN2O4S/c1-18-5-3-8-22(13-18)28-12-11-27(15-19(28)2)25(29)24-10-9-23(32-24)17-33(30,31)16-20-6-4-7-21(26)14-20/h3-10,13-14,19H,11-12,15-17H2,1-2H3/t19-/m0/s1. The molecule has 6 nitrogen and oxygen atoms in total. The maximum Gasteiger partial charge on any atom is 0.289 e. The van der Waals surface area contributed by atoms with Gasteiger partial charge in [0.2, 0.25) is 0 Å². The molecule has 1 saturated heterocycles. The Kier molecular flexibility index (Phi) is 6.81. The van der Waals surface area contributed by atoms with Crippen LogP contribution in [0.15, 0.2) is 65.1 Å². The van der Waals surface area contributed by atoms with Crippen molar-refractivity contribution in [3.63, 3.8) is 0 Å². The summed E-state index contributed by atoms with van der Waals surface area (Å²) in [5.74, 6) is -0.212. The molecule has 0 unspecified atom stereocenters. The molecule has 0 bridgehead atoms. The van der Waals surface area contributed by atoms with Crippen molar-refractivity contribution in [1.29, 1.82) is 0 Å². The van der Waals surface area contributed by atoms with E-state index in [1.54, 1.807) is 41.3 Å². The fourth-order valence-corrected chi connectivity index (χ4v) is 5.80. The largest absolute Gasteiger partial charge is 0.455 e. The van der Waals surface area contributed by atoms with Crippen LogP contribution in [0.3, 0.4) is 0 Å². The van der Waals surface area contributed by atoms with Crippen LogP contribution >= 0.6 is 11.6 Å². The van der Waals surface area contributed by atoms with E-state index in [2.05, 4.69) is 36.9 Å². The number of hydrogen-bond donors (Lipinski definition) is 0. The predicted octanol–water partition coefficient (Wildman–Crippen LogP) is 4.71. The lowest BCUT2D eigenvalue weighted by molar-refractivity contribution is 0.0692. The third-order valence-corrected chi connectivity index (χ3v) is 7.49. The van der Waals surface area contributed by atoms with Crippen LogP contribution in [-0.4, -0.2) is 44.9 Å². The summed E-state index contributed by atoms with van der Waals surface area (Å²) in [5.41, 5.74) is 2.97. The fraction of sp³-hybridized carbons (Fsp3) is 0.320. The average Bonchev–Trinajstić information content (AvgIpc) is 3.20.